The molecule has 7 heteroatoms. The average molecular weight is 310 g/mol. The standard InChI is InChI=1S/C15H27BN2O4/c1-7-19-13(20-8-2)11-18-10-12(9-17-18)16-21-14(3,4)15(5,6)22-16/h9-10,13H,7-8,11H2,1-6H3. The Morgan fingerprint density at radius 2 is 1.68 bits per heavy atom. The Morgan fingerprint density at radius 1 is 1.14 bits per heavy atom. The first kappa shape index (κ1) is 17.5. The van der Waals surface area contributed by atoms with Crippen molar-refractivity contribution in [3.63, 3.8) is 0 Å². The van der Waals surface area contributed by atoms with Crippen LogP contribution >= 0.6 is 0 Å². The van der Waals surface area contributed by atoms with Crippen molar-refractivity contribution < 1.29 is 18.8 Å². The third-order valence-corrected chi connectivity index (χ3v) is 4.22. The van der Waals surface area contributed by atoms with E-state index in [-0.39, 0.29) is 17.5 Å². The summed E-state index contributed by atoms with van der Waals surface area (Å²) in [7, 11) is -0.392. The molecule has 0 aliphatic carbocycles. The van der Waals surface area contributed by atoms with E-state index >= 15 is 0 Å². The van der Waals surface area contributed by atoms with Gasteiger partial charge in [-0.1, -0.05) is 0 Å². The lowest BCUT2D eigenvalue weighted by Crippen LogP contribution is -2.41. The summed E-state index contributed by atoms with van der Waals surface area (Å²) in [5.41, 5.74) is 0.211. The summed E-state index contributed by atoms with van der Waals surface area (Å²) in [6.07, 6.45) is 3.41. The smallest absolute Gasteiger partial charge is 0.399 e. The van der Waals surface area contributed by atoms with Crippen LogP contribution in [0.5, 0.6) is 0 Å². The third kappa shape index (κ3) is 3.71. The van der Waals surface area contributed by atoms with Crippen LogP contribution in [-0.2, 0) is 25.3 Å². The lowest BCUT2D eigenvalue weighted by molar-refractivity contribution is -0.144. The van der Waals surface area contributed by atoms with E-state index in [2.05, 4.69) is 5.10 Å². The highest BCUT2D eigenvalue weighted by atomic mass is 16.7. The normalized spacial score (nSPS) is 20.0. The zero-order valence-corrected chi connectivity index (χ0v) is 14.5. The molecule has 0 bridgehead atoms. The van der Waals surface area contributed by atoms with Crippen LogP contribution in [-0.4, -0.2) is 47.6 Å². The highest BCUT2D eigenvalue weighted by Crippen LogP contribution is 2.36. The van der Waals surface area contributed by atoms with E-state index in [0.29, 0.717) is 19.8 Å². The largest absolute Gasteiger partial charge is 0.498 e. The van der Waals surface area contributed by atoms with Gasteiger partial charge in [-0.05, 0) is 41.5 Å². The van der Waals surface area contributed by atoms with Crippen molar-refractivity contribution in [3.05, 3.63) is 12.4 Å². The molecule has 1 fully saturated rings. The van der Waals surface area contributed by atoms with Crippen molar-refractivity contribution in [3.8, 4) is 0 Å². The molecule has 1 aromatic rings. The van der Waals surface area contributed by atoms with Gasteiger partial charge in [0.15, 0.2) is 6.29 Å². The molecule has 0 unspecified atom stereocenters. The van der Waals surface area contributed by atoms with Crippen molar-refractivity contribution in [1.82, 2.24) is 9.78 Å². The fourth-order valence-electron chi connectivity index (χ4n) is 2.26. The Labute approximate surface area is 133 Å². The van der Waals surface area contributed by atoms with Crippen molar-refractivity contribution in [2.24, 2.45) is 0 Å². The van der Waals surface area contributed by atoms with Gasteiger partial charge in [0.1, 0.15) is 0 Å². The summed E-state index contributed by atoms with van der Waals surface area (Å²) >= 11 is 0. The van der Waals surface area contributed by atoms with Crippen LogP contribution in [0.2, 0.25) is 0 Å². The molecule has 1 aliphatic rings. The number of rotatable bonds is 7. The van der Waals surface area contributed by atoms with E-state index < -0.39 is 7.12 Å². The summed E-state index contributed by atoms with van der Waals surface area (Å²) in [4.78, 5) is 0. The molecule has 1 saturated heterocycles. The number of nitrogens with zero attached hydrogens (tertiary/aromatic N) is 2. The third-order valence-electron chi connectivity index (χ3n) is 4.22. The Morgan fingerprint density at radius 3 is 2.18 bits per heavy atom. The van der Waals surface area contributed by atoms with Gasteiger partial charge < -0.3 is 18.8 Å². The highest BCUT2D eigenvalue weighted by Gasteiger charge is 2.52. The fraction of sp³-hybridized carbons (Fsp3) is 0.800. The quantitative estimate of drug-likeness (QED) is 0.565. The van der Waals surface area contributed by atoms with E-state index in [0.717, 1.165) is 5.46 Å². The molecular formula is C15H27BN2O4. The first-order chi connectivity index (χ1) is 10.3. The van der Waals surface area contributed by atoms with Gasteiger partial charge in [-0.25, -0.2) is 0 Å². The van der Waals surface area contributed by atoms with Gasteiger partial charge in [-0.2, -0.15) is 5.10 Å². The van der Waals surface area contributed by atoms with E-state index in [1.807, 2.05) is 47.7 Å². The summed E-state index contributed by atoms with van der Waals surface area (Å²) in [5.74, 6) is 0. The number of ether oxygens (including phenoxy) is 2. The molecule has 0 amide bonds. The lowest BCUT2D eigenvalue weighted by atomic mass is 9.82. The molecule has 1 aromatic heterocycles. The maximum Gasteiger partial charge on any atom is 0.498 e. The minimum absolute atomic E-state index is 0.291. The van der Waals surface area contributed by atoms with Gasteiger partial charge in [0.2, 0.25) is 0 Å². The van der Waals surface area contributed by atoms with E-state index in [9.17, 15) is 0 Å². The average Bonchev–Trinajstić information content (AvgIpc) is 2.93. The second kappa shape index (κ2) is 6.70. The summed E-state index contributed by atoms with van der Waals surface area (Å²) in [6, 6.07) is 0. The van der Waals surface area contributed by atoms with Crippen molar-refractivity contribution in [2.75, 3.05) is 13.2 Å². The first-order valence-corrected chi connectivity index (χ1v) is 7.90. The SMILES string of the molecule is CCOC(Cn1cc(B2OC(C)(C)C(C)(C)O2)cn1)OCC. The Bertz CT molecular complexity index is 468. The molecule has 0 saturated carbocycles. The maximum atomic E-state index is 6.03. The highest BCUT2D eigenvalue weighted by molar-refractivity contribution is 6.61. The number of hydrogen-bond donors (Lipinski definition) is 0. The molecule has 1 aliphatic heterocycles. The minimum Gasteiger partial charge on any atom is -0.399 e. The summed E-state index contributed by atoms with van der Waals surface area (Å²) in [6.45, 7) is 13.8. The van der Waals surface area contributed by atoms with Crippen LogP contribution in [0.25, 0.3) is 0 Å². The summed E-state index contributed by atoms with van der Waals surface area (Å²) < 4.78 is 24.9. The van der Waals surface area contributed by atoms with Gasteiger partial charge >= 0.3 is 7.12 Å². The second-order valence-electron chi connectivity index (χ2n) is 6.42. The molecule has 0 aromatic carbocycles. The predicted molar refractivity (Wildman–Crippen MR) is 85.0 cm³/mol. The van der Waals surface area contributed by atoms with Crippen LogP contribution in [0.15, 0.2) is 12.4 Å². The minimum atomic E-state index is -0.392. The Balaban J connectivity index is 2.03. The maximum absolute atomic E-state index is 6.03. The molecule has 124 valence electrons. The molecule has 2 heterocycles. The van der Waals surface area contributed by atoms with Crippen molar-refractivity contribution in [2.45, 2.75) is 65.6 Å². The van der Waals surface area contributed by atoms with Gasteiger partial charge in [-0.15, -0.1) is 0 Å². The molecule has 22 heavy (non-hydrogen) atoms. The zero-order valence-electron chi connectivity index (χ0n) is 14.5. The van der Waals surface area contributed by atoms with E-state index in [1.165, 1.54) is 0 Å². The zero-order chi connectivity index (χ0) is 16.4. The number of hydrogen-bond acceptors (Lipinski definition) is 5. The predicted octanol–water partition coefficient (Wildman–Crippen LogP) is 1.58. The fourth-order valence-corrected chi connectivity index (χ4v) is 2.26. The lowest BCUT2D eigenvalue weighted by Gasteiger charge is -2.32. The van der Waals surface area contributed by atoms with Gasteiger partial charge in [0.05, 0.1) is 17.7 Å². The number of aromatic nitrogens is 2. The first-order valence-electron chi connectivity index (χ1n) is 7.90. The van der Waals surface area contributed by atoms with Crippen LogP contribution in [0.4, 0.5) is 0 Å². The topological polar surface area (TPSA) is 54.7 Å². The van der Waals surface area contributed by atoms with E-state index in [1.54, 1.807) is 10.9 Å². The van der Waals surface area contributed by atoms with Crippen molar-refractivity contribution >= 4 is 12.6 Å². The van der Waals surface area contributed by atoms with Crippen LogP contribution < -0.4 is 5.46 Å². The second-order valence-corrected chi connectivity index (χ2v) is 6.42. The van der Waals surface area contributed by atoms with Crippen LogP contribution in [0.1, 0.15) is 41.5 Å². The Kier molecular flexibility index (Phi) is 5.32. The Hall–Kier alpha value is -0.885. The molecule has 6 nitrogen and oxygen atoms in total. The van der Waals surface area contributed by atoms with Gasteiger partial charge in [-0.3, -0.25) is 4.68 Å². The van der Waals surface area contributed by atoms with Gasteiger partial charge in [0.25, 0.3) is 0 Å². The van der Waals surface area contributed by atoms with E-state index in [4.69, 9.17) is 18.8 Å². The molecule has 0 radical (unpaired) electrons. The van der Waals surface area contributed by atoms with Crippen LogP contribution in [0, 0.1) is 0 Å². The molecule has 0 atom stereocenters. The van der Waals surface area contributed by atoms with Crippen LogP contribution in [0.3, 0.4) is 0 Å². The molecule has 0 spiro atoms. The monoisotopic (exact) mass is 310 g/mol. The molecule has 0 N–H and O–H groups in total. The molecular weight excluding hydrogens is 283 g/mol. The van der Waals surface area contributed by atoms with Crippen molar-refractivity contribution in [1.29, 1.82) is 0 Å². The molecule has 2 rings (SSSR count). The summed E-state index contributed by atoms with van der Waals surface area (Å²) in [5, 5.41) is 4.36. The van der Waals surface area contributed by atoms with Gasteiger partial charge in [0, 0.05) is 31.1 Å².